The van der Waals surface area contributed by atoms with Crippen LogP contribution in [0.5, 0.6) is 0 Å². The Labute approximate surface area is 73.8 Å². The second-order valence-electron chi connectivity index (χ2n) is 3.09. The first-order valence-electron chi connectivity index (χ1n) is 4.25. The minimum absolute atomic E-state index is 1.25. The van der Waals surface area contributed by atoms with Gasteiger partial charge in [0.2, 0.25) is 0 Å². The zero-order valence-electron chi connectivity index (χ0n) is 7.47. The lowest BCUT2D eigenvalue weighted by atomic mass is 10.2. The normalized spacial score (nSPS) is 24.7. The van der Waals surface area contributed by atoms with Gasteiger partial charge in [0.1, 0.15) is 0 Å². The Morgan fingerprint density at radius 3 is 2.91 bits per heavy atom. The van der Waals surface area contributed by atoms with Gasteiger partial charge in [-0.1, -0.05) is 6.08 Å². The van der Waals surface area contributed by atoms with Gasteiger partial charge in [0.25, 0.3) is 0 Å². The molecule has 11 heavy (non-hydrogen) atoms. The smallest absolute Gasteiger partial charge is 0.00875 e. The largest absolute Gasteiger partial charge is 0.381 e. The van der Waals surface area contributed by atoms with Gasteiger partial charge < -0.3 is 4.90 Å². The van der Waals surface area contributed by atoms with Crippen LogP contribution in [0.1, 0.15) is 19.3 Å². The molecule has 0 fully saturated rings. The number of hydrogen-bond acceptors (Lipinski definition) is 2. The van der Waals surface area contributed by atoms with Crippen LogP contribution in [0.15, 0.2) is 11.8 Å². The van der Waals surface area contributed by atoms with Crippen molar-refractivity contribution in [2.75, 3.05) is 25.6 Å². The van der Waals surface area contributed by atoms with Crippen molar-refractivity contribution < 1.29 is 0 Å². The van der Waals surface area contributed by atoms with Crippen LogP contribution in [-0.4, -0.2) is 30.5 Å². The summed E-state index contributed by atoms with van der Waals surface area (Å²) < 4.78 is 0. The predicted octanol–water partition coefficient (Wildman–Crippen LogP) is 2.35. The van der Waals surface area contributed by atoms with Gasteiger partial charge in [-0.3, -0.25) is 0 Å². The Morgan fingerprint density at radius 2 is 2.18 bits per heavy atom. The summed E-state index contributed by atoms with van der Waals surface area (Å²) >= 11 is 2.08. The van der Waals surface area contributed by atoms with E-state index in [4.69, 9.17) is 0 Å². The first-order chi connectivity index (χ1) is 5.30. The fourth-order valence-electron chi connectivity index (χ4n) is 1.27. The fourth-order valence-corrected chi connectivity index (χ4v) is 2.11. The van der Waals surface area contributed by atoms with Gasteiger partial charge in [0, 0.05) is 19.8 Å². The molecule has 0 unspecified atom stereocenters. The first kappa shape index (κ1) is 8.98. The Bertz CT molecular complexity index is 140. The van der Waals surface area contributed by atoms with E-state index in [-0.39, 0.29) is 0 Å². The highest BCUT2D eigenvalue weighted by Gasteiger charge is 2.02. The van der Waals surface area contributed by atoms with Crippen molar-refractivity contribution in [3.05, 3.63) is 11.8 Å². The zero-order chi connectivity index (χ0) is 8.10. The van der Waals surface area contributed by atoms with Crippen molar-refractivity contribution in [1.82, 2.24) is 4.90 Å². The van der Waals surface area contributed by atoms with Crippen LogP contribution in [0.4, 0.5) is 0 Å². The van der Waals surface area contributed by atoms with Crippen molar-refractivity contribution in [3.8, 4) is 0 Å². The first-order valence-corrected chi connectivity index (χ1v) is 5.40. The highest BCUT2D eigenvalue weighted by molar-refractivity contribution is 7.99. The van der Waals surface area contributed by atoms with Gasteiger partial charge >= 0.3 is 0 Å². The van der Waals surface area contributed by atoms with Gasteiger partial charge in [0.15, 0.2) is 0 Å². The SMILES string of the molecule is CN(C)/C1=C/CCSCCC1. The molecule has 1 aliphatic heterocycles. The third-order valence-electron chi connectivity index (χ3n) is 1.94. The Kier molecular flexibility index (Phi) is 3.84. The van der Waals surface area contributed by atoms with E-state index in [1.165, 1.54) is 36.5 Å². The minimum Gasteiger partial charge on any atom is -0.381 e. The molecule has 1 aliphatic rings. The van der Waals surface area contributed by atoms with Gasteiger partial charge in [-0.25, -0.2) is 0 Å². The molecule has 0 aromatic carbocycles. The van der Waals surface area contributed by atoms with Crippen molar-refractivity contribution in [3.63, 3.8) is 0 Å². The molecule has 2 heteroatoms. The summed E-state index contributed by atoms with van der Waals surface area (Å²) in [6, 6.07) is 0. The van der Waals surface area contributed by atoms with E-state index in [1.54, 1.807) is 0 Å². The standard InChI is InChI=1S/C9H17NS/c1-10(2)9-5-3-7-11-8-4-6-9/h5H,3-4,6-8H2,1-2H3/b9-5+. The molecule has 0 radical (unpaired) electrons. The van der Waals surface area contributed by atoms with Crippen molar-refractivity contribution in [1.29, 1.82) is 0 Å². The Hall–Kier alpha value is -0.110. The van der Waals surface area contributed by atoms with Crippen LogP contribution in [0.2, 0.25) is 0 Å². The molecule has 1 heterocycles. The van der Waals surface area contributed by atoms with Crippen LogP contribution in [0, 0.1) is 0 Å². The molecule has 0 N–H and O–H groups in total. The number of rotatable bonds is 1. The third-order valence-corrected chi connectivity index (χ3v) is 3.04. The molecule has 0 aromatic heterocycles. The average Bonchev–Trinajstić information content (AvgIpc) is 1.84. The summed E-state index contributed by atoms with van der Waals surface area (Å²) in [6.45, 7) is 0. The molecule has 0 spiro atoms. The second-order valence-corrected chi connectivity index (χ2v) is 4.32. The van der Waals surface area contributed by atoms with E-state index in [9.17, 15) is 0 Å². The molecule has 0 aromatic rings. The summed E-state index contributed by atoms with van der Waals surface area (Å²) in [5.74, 6) is 2.64. The van der Waals surface area contributed by atoms with E-state index < -0.39 is 0 Å². The number of nitrogens with zero attached hydrogens (tertiary/aromatic N) is 1. The lowest BCUT2D eigenvalue weighted by Crippen LogP contribution is -2.12. The van der Waals surface area contributed by atoms with Crippen LogP contribution in [-0.2, 0) is 0 Å². The average molecular weight is 171 g/mol. The van der Waals surface area contributed by atoms with E-state index in [0.29, 0.717) is 0 Å². The van der Waals surface area contributed by atoms with Crippen molar-refractivity contribution >= 4 is 11.8 Å². The van der Waals surface area contributed by atoms with Crippen LogP contribution in [0.3, 0.4) is 0 Å². The maximum Gasteiger partial charge on any atom is 0.00875 e. The van der Waals surface area contributed by atoms with E-state index >= 15 is 0 Å². The van der Waals surface area contributed by atoms with Crippen molar-refractivity contribution in [2.24, 2.45) is 0 Å². The van der Waals surface area contributed by atoms with Gasteiger partial charge in [-0.05, 0) is 30.8 Å². The topological polar surface area (TPSA) is 3.24 Å². The molecule has 0 saturated carbocycles. The number of hydrogen-bond donors (Lipinski definition) is 0. The molecule has 0 bridgehead atoms. The highest BCUT2D eigenvalue weighted by atomic mass is 32.2. The van der Waals surface area contributed by atoms with Gasteiger partial charge in [-0.2, -0.15) is 11.8 Å². The summed E-state index contributed by atoms with van der Waals surface area (Å²) in [5, 5.41) is 0. The lowest BCUT2D eigenvalue weighted by molar-refractivity contribution is 0.482. The quantitative estimate of drug-likeness (QED) is 0.596. The molecule has 0 amide bonds. The molecular formula is C9H17NS. The van der Waals surface area contributed by atoms with Gasteiger partial charge in [-0.15, -0.1) is 0 Å². The van der Waals surface area contributed by atoms with E-state index in [0.717, 1.165) is 0 Å². The van der Waals surface area contributed by atoms with Crippen LogP contribution >= 0.6 is 11.8 Å². The van der Waals surface area contributed by atoms with Gasteiger partial charge in [0.05, 0.1) is 0 Å². The molecule has 1 nitrogen and oxygen atoms in total. The summed E-state index contributed by atoms with van der Waals surface area (Å²) in [4.78, 5) is 2.25. The molecule has 1 rings (SSSR count). The highest BCUT2D eigenvalue weighted by Crippen LogP contribution is 2.17. The second kappa shape index (κ2) is 4.70. The fraction of sp³-hybridized carbons (Fsp3) is 0.778. The number of allylic oxidation sites excluding steroid dienone is 2. The van der Waals surface area contributed by atoms with E-state index in [1.807, 2.05) is 0 Å². The third kappa shape index (κ3) is 3.19. The summed E-state index contributed by atoms with van der Waals surface area (Å²) in [7, 11) is 4.28. The van der Waals surface area contributed by atoms with Crippen LogP contribution < -0.4 is 0 Å². The maximum absolute atomic E-state index is 2.38. The number of thioether (sulfide) groups is 1. The molecule has 64 valence electrons. The molecular weight excluding hydrogens is 154 g/mol. The minimum atomic E-state index is 1.25. The monoisotopic (exact) mass is 171 g/mol. The predicted molar refractivity (Wildman–Crippen MR) is 52.9 cm³/mol. The molecule has 0 atom stereocenters. The summed E-state index contributed by atoms with van der Waals surface area (Å²) in [5.41, 5.74) is 1.52. The van der Waals surface area contributed by atoms with Crippen molar-refractivity contribution in [2.45, 2.75) is 19.3 Å². The zero-order valence-corrected chi connectivity index (χ0v) is 8.28. The molecule has 0 aliphatic carbocycles. The summed E-state index contributed by atoms with van der Waals surface area (Å²) in [6.07, 6.45) is 6.24. The molecule has 0 saturated heterocycles. The Morgan fingerprint density at radius 1 is 1.36 bits per heavy atom. The Balaban J connectivity index is 2.45. The lowest BCUT2D eigenvalue weighted by Gasteiger charge is -2.18. The maximum atomic E-state index is 2.38. The van der Waals surface area contributed by atoms with Crippen LogP contribution in [0.25, 0.3) is 0 Å². The van der Waals surface area contributed by atoms with E-state index in [2.05, 4.69) is 36.8 Å².